The Bertz CT molecular complexity index is 736. The van der Waals surface area contributed by atoms with E-state index in [0.29, 0.717) is 12.3 Å². The first kappa shape index (κ1) is 19.9. The van der Waals surface area contributed by atoms with Crippen molar-refractivity contribution in [1.29, 1.82) is 0 Å². The number of hydrogen-bond acceptors (Lipinski definition) is 3. The fraction of sp³-hybridized carbons (Fsp3) is 0.500. The second kappa shape index (κ2) is 8.90. The molecule has 0 amide bonds. The van der Waals surface area contributed by atoms with Crippen LogP contribution in [0.5, 0.6) is 5.75 Å². The Hall–Kier alpha value is -1.84. The van der Waals surface area contributed by atoms with Crippen LogP contribution in [0, 0.1) is 5.92 Å². The summed E-state index contributed by atoms with van der Waals surface area (Å²) in [5, 5.41) is 19.8. The lowest BCUT2D eigenvalue weighted by molar-refractivity contribution is 0.0645. The van der Waals surface area contributed by atoms with E-state index in [4.69, 9.17) is 4.74 Å². The van der Waals surface area contributed by atoms with Crippen molar-refractivity contribution in [1.82, 2.24) is 0 Å². The minimum Gasteiger partial charge on any atom is -0.496 e. The molecule has 0 heterocycles. The average Bonchev–Trinajstić information content (AvgIpc) is 2.67. The molecule has 3 rings (SSSR count). The van der Waals surface area contributed by atoms with E-state index < -0.39 is 0 Å². The fourth-order valence-corrected chi connectivity index (χ4v) is 4.28. The van der Waals surface area contributed by atoms with E-state index in [1.807, 2.05) is 6.07 Å². The Balaban J connectivity index is 1.82. The standard InChI is InChI=1S/C24H32O3/c1-16(2)20-7-4-17(5-8-20)10-18-6-9-24(27-3)23(13-18)21-11-19(15-25)12-22(26)14-21/h4-9,13,16,19,21-22,25-26H,10-12,14-15H2,1-3H3. The van der Waals surface area contributed by atoms with Crippen LogP contribution < -0.4 is 4.74 Å². The molecular weight excluding hydrogens is 336 g/mol. The second-order valence-corrected chi connectivity index (χ2v) is 8.26. The van der Waals surface area contributed by atoms with E-state index in [-0.39, 0.29) is 24.5 Å². The summed E-state index contributed by atoms with van der Waals surface area (Å²) in [7, 11) is 1.70. The van der Waals surface area contributed by atoms with Crippen molar-refractivity contribution in [2.45, 2.75) is 57.5 Å². The maximum atomic E-state index is 10.2. The predicted molar refractivity (Wildman–Crippen MR) is 110 cm³/mol. The number of ether oxygens (including phenoxy) is 1. The molecule has 146 valence electrons. The van der Waals surface area contributed by atoms with E-state index in [2.05, 4.69) is 50.2 Å². The summed E-state index contributed by atoms with van der Waals surface area (Å²) in [5.74, 6) is 1.81. The third-order valence-corrected chi connectivity index (χ3v) is 5.83. The lowest BCUT2D eigenvalue weighted by Crippen LogP contribution is -2.27. The molecule has 1 aliphatic carbocycles. The molecule has 2 aromatic carbocycles. The van der Waals surface area contributed by atoms with Crippen LogP contribution in [0.3, 0.4) is 0 Å². The van der Waals surface area contributed by atoms with Gasteiger partial charge in [-0.15, -0.1) is 0 Å². The topological polar surface area (TPSA) is 49.7 Å². The quantitative estimate of drug-likeness (QED) is 0.780. The van der Waals surface area contributed by atoms with Crippen LogP contribution >= 0.6 is 0 Å². The van der Waals surface area contributed by atoms with Gasteiger partial charge in [-0.1, -0.05) is 50.2 Å². The van der Waals surface area contributed by atoms with Gasteiger partial charge in [-0.05, 0) is 71.8 Å². The van der Waals surface area contributed by atoms with Crippen molar-refractivity contribution in [3.63, 3.8) is 0 Å². The van der Waals surface area contributed by atoms with Crippen LogP contribution in [0.2, 0.25) is 0 Å². The van der Waals surface area contributed by atoms with Crippen molar-refractivity contribution in [3.05, 3.63) is 64.7 Å². The fourth-order valence-electron chi connectivity index (χ4n) is 4.28. The van der Waals surface area contributed by atoms with E-state index in [1.165, 1.54) is 16.7 Å². The van der Waals surface area contributed by atoms with Gasteiger partial charge in [-0.3, -0.25) is 0 Å². The van der Waals surface area contributed by atoms with Crippen molar-refractivity contribution in [3.8, 4) is 5.75 Å². The summed E-state index contributed by atoms with van der Waals surface area (Å²) in [5.41, 5.74) is 5.07. The maximum Gasteiger partial charge on any atom is 0.122 e. The highest BCUT2D eigenvalue weighted by Gasteiger charge is 2.30. The molecular formula is C24H32O3. The van der Waals surface area contributed by atoms with Crippen LogP contribution in [0.1, 0.15) is 67.2 Å². The summed E-state index contributed by atoms with van der Waals surface area (Å²) in [4.78, 5) is 0. The first-order chi connectivity index (χ1) is 13.0. The summed E-state index contributed by atoms with van der Waals surface area (Å²) in [6.45, 7) is 4.56. The van der Waals surface area contributed by atoms with Gasteiger partial charge in [0.05, 0.1) is 13.2 Å². The molecule has 27 heavy (non-hydrogen) atoms. The second-order valence-electron chi connectivity index (χ2n) is 8.26. The smallest absolute Gasteiger partial charge is 0.122 e. The highest BCUT2D eigenvalue weighted by atomic mass is 16.5. The van der Waals surface area contributed by atoms with Gasteiger partial charge >= 0.3 is 0 Å². The van der Waals surface area contributed by atoms with Gasteiger partial charge in [0.25, 0.3) is 0 Å². The van der Waals surface area contributed by atoms with Crippen LogP contribution in [0.4, 0.5) is 0 Å². The number of aliphatic hydroxyl groups is 2. The Labute approximate surface area is 163 Å². The van der Waals surface area contributed by atoms with E-state index in [9.17, 15) is 10.2 Å². The van der Waals surface area contributed by atoms with Crippen LogP contribution in [0.15, 0.2) is 42.5 Å². The highest BCUT2D eigenvalue weighted by molar-refractivity contribution is 5.42. The molecule has 2 N–H and O–H groups in total. The van der Waals surface area contributed by atoms with Gasteiger partial charge in [-0.2, -0.15) is 0 Å². The minimum atomic E-state index is -0.349. The molecule has 0 bridgehead atoms. The molecule has 0 aliphatic heterocycles. The molecule has 2 aromatic rings. The van der Waals surface area contributed by atoms with Crippen molar-refractivity contribution in [2.75, 3.05) is 13.7 Å². The van der Waals surface area contributed by atoms with E-state index in [0.717, 1.165) is 30.6 Å². The van der Waals surface area contributed by atoms with Crippen LogP contribution in [-0.2, 0) is 6.42 Å². The summed E-state index contributed by atoms with van der Waals surface area (Å²) in [6, 6.07) is 15.3. The molecule has 3 heteroatoms. The zero-order chi connectivity index (χ0) is 19.4. The van der Waals surface area contributed by atoms with Gasteiger partial charge in [0, 0.05) is 6.61 Å². The summed E-state index contributed by atoms with van der Waals surface area (Å²) in [6.07, 6.45) is 2.86. The SMILES string of the molecule is COc1ccc(Cc2ccc(C(C)C)cc2)cc1C1CC(O)CC(CO)C1. The van der Waals surface area contributed by atoms with Gasteiger partial charge in [0.15, 0.2) is 0 Å². The molecule has 0 spiro atoms. The molecule has 3 nitrogen and oxygen atoms in total. The molecule has 1 aliphatic rings. The van der Waals surface area contributed by atoms with Gasteiger partial charge in [0.2, 0.25) is 0 Å². The lowest BCUT2D eigenvalue weighted by Gasteiger charge is -2.32. The molecule has 1 fully saturated rings. The van der Waals surface area contributed by atoms with Crippen molar-refractivity contribution >= 4 is 0 Å². The molecule has 0 saturated heterocycles. The van der Waals surface area contributed by atoms with E-state index >= 15 is 0 Å². The Kier molecular flexibility index (Phi) is 6.56. The maximum absolute atomic E-state index is 10.2. The first-order valence-corrected chi connectivity index (χ1v) is 10.0. The summed E-state index contributed by atoms with van der Waals surface area (Å²) < 4.78 is 5.61. The monoisotopic (exact) mass is 368 g/mol. The number of rotatable bonds is 6. The largest absolute Gasteiger partial charge is 0.496 e. The van der Waals surface area contributed by atoms with E-state index in [1.54, 1.807) is 7.11 Å². The normalized spacial score (nSPS) is 22.8. The zero-order valence-corrected chi connectivity index (χ0v) is 16.7. The number of hydrogen-bond donors (Lipinski definition) is 2. The third-order valence-electron chi connectivity index (χ3n) is 5.83. The highest BCUT2D eigenvalue weighted by Crippen LogP contribution is 2.40. The predicted octanol–water partition coefficient (Wildman–Crippen LogP) is 4.65. The molecule has 0 aromatic heterocycles. The molecule has 3 unspecified atom stereocenters. The third kappa shape index (κ3) is 4.91. The Morgan fingerprint density at radius 1 is 1.00 bits per heavy atom. The van der Waals surface area contributed by atoms with Crippen LogP contribution in [0.25, 0.3) is 0 Å². The van der Waals surface area contributed by atoms with Crippen LogP contribution in [-0.4, -0.2) is 30.0 Å². The number of benzene rings is 2. The number of aliphatic hydroxyl groups excluding tert-OH is 2. The Morgan fingerprint density at radius 3 is 2.33 bits per heavy atom. The van der Waals surface area contributed by atoms with Crippen molar-refractivity contribution < 1.29 is 14.9 Å². The van der Waals surface area contributed by atoms with Crippen molar-refractivity contribution in [2.24, 2.45) is 5.92 Å². The Morgan fingerprint density at radius 2 is 1.70 bits per heavy atom. The lowest BCUT2D eigenvalue weighted by atomic mass is 9.76. The number of methoxy groups -OCH3 is 1. The molecule has 0 radical (unpaired) electrons. The summed E-state index contributed by atoms with van der Waals surface area (Å²) >= 11 is 0. The zero-order valence-electron chi connectivity index (χ0n) is 16.7. The first-order valence-electron chi connectivity index (χ1n) is 10.0. The van der Waals surface area contributed by atoms with Gasteiger partial charge in [0.1, 0.15) is 5.75 Å². The van der Waals surface area contributed by atoms with Gasteiger partial charge in [-0.25, -0.2) is 0 Å². The molecule has 3 atom stereocenters. The minimum absolute atomic E-state index is 0.137. The van der Waals surface area contributed by atoms with Gasteiger partial charge < -0.3 is 14.9 Å². The average molecular weight is 369 g/mol. The molecule has 1 saturated carbocycles.